The molecule has 106 valence electrons. The lowest BCUT2D eigenvalue weighted by molar-refractivity contribution is 0.108. The van der Waals surface area contributed by atoms with Crippen molar-refractivity contribution in [3.05, 3.63) is 28.2 Å². The number of aliphatic hydroxyl groups excluding tert-OH is 1. The van der Waals surface area contributed by atoms with Crippen molar-refractivity contribution in [1.29, 1.82) is 0 Å². The summed E-state index contributed by atoms with van der Waals surface area (Å²) in [6.45, 7) is 6.55. The molecular formula is C14H21BrN2O2. The van der Waals surface area contributed by atoms with Gasteiger partial charge in [-0.1, -0.05) is 15.9 Å². The van der Waals surface area contributed by atoms with E-state index in [4.69, 9.17) is 4.74 Å². The van der Waals surface area contributed by atoms with E-state index in [2.05, 4.69) is 26.1 Å². The van der Waals surface area contributed by atoms with E-state index in [1.807, 2.05) is 25.1 Å². The van der Waals surface area contributed by atoms with Crippen molar-refractivity contribution in [2.24, 2.45) is 0 Å². The molecule has 0 saturated carbocycles. The molecule has 2 N–H and O–H groups in total. The van der Waals surface area contributed by atoms with Crippen molar-refractivity contribution in [3.8, 4) is 5.75 Å². The van der Waals surface area contributed by atoms with Crippen molar-refractivity contribution in [1.82, 2.24) is 10.2 Å². The second-order valence-corrected chi connectivity index (χ2v) is 5.52. The summed E-state index contributed by atoms with van der Waals surface area (Å²) in [5.41, 5.74) is 1.06. The zero-order valence-electron chi connectivity index (χ0n) is 11.2. The first kappa shape index (κ1) is 14.8. The van der Waals surface area contributed by atoms with Gasteiger partial charge < -0.3 is 15.2 Å². The van der Waals surface area contributed by atoms with E-state index >= 15 is 0 Å². The number of benzene rings is 1. The molecule has 1 atom stereocenters. The summed E-state index contributed by atoms with van der Waals surface area (Å²) in [5, 5.41) is 13.1. The van der Waals surface area contributed by atoms with E-state index in [1.54, 1.807) is 0 Å². The van der Waals surface area contributed by atoms with Crippen LogP contribution in [-0.4, -0.2) is 49.4 Å². The Balaban J connectivity index is 2.27. The van der Waals surface area contributed by atoms with E-state index in [1.165, 1.54) is 0 Å². The summed E-state index contributed by atoms with van der Waals surface area (Å²) in [6, 6.07) is 5.99. The van der Waals surface area contributed by atoms with Crippen LogP contribution in [0.1, 0.15) is 18.5 Å². The van der Waals surface area contributed by atoms with Crippen LogP contribution in [0.3, 0.4) is 0 Å². The van der Waals surface area contributed by atoms with Crippen LogP contribution in [0, 0.1) is 0 Å². The summed E-state index contributed by atoms with van der Waals surface area (Å²) in [6.07, 6.45) is 0. The molecule has 5 heteroatoms. The highest BCUT2D eigenvalue weighted by atomic mass is 79.9. The molecule has 4 nitrogen and oxygen atoms in total. The molecule has 0 bridgehead atoms. The fraction of sp³-hybridized carbons (Fsp3) is 0.571. The third kappa shape index (κ3) is 3.69. The van der Waals surface area contributed by atoms with E-state index in [0.717, 1.165) is 42.0 Å². The third-order valence-electron chi connectivity index (χ3n) is 3.40. The quantitative estimate of drug-likeness (QED) is 0.865. The molecule has 19 heavy (non-hydrogen) atoms. The number of nitrogens with zero attached hydrogens (tertiary/aromatic N) is 1. The van der Waals surface area contributed by atoms with Crippen LogP contribution in [0.5, 0.6) is 5.75 Å². The maximum absolute atomic E-state index is 9.78. The molecule has 1 heterocycles. The van der Waals surface area contributed by atoms with Gasteiger partial charge in [-0.15, -0.1) is 0 Å². The van der Waals surface area contributed by atoms with Gasteiger partial charge in [0.25, 0.3) is 0 Å². The number of hydrogen-bond acceptors (Lipinski definition) is 4. The van der Waals surface area contributed by atoms with Gasteiger partial charge in [0.15, 0.2) is 0 Å². The van der Waals surface area contributed by atoms with E-state index in [-0.39, 0.29) is 12.6 Å². The Labute approximate surface area is 122 Å². The first-order valence-electron chi connectivity index (χ1n) is 6.74. The van der Waals surface area contributed by atoms with Gasteiger partial charge in [0.2, 0.25) is 0 Å². The maximum atomic E-state index is 9.78. The SMILES string of the molecule is CCOc1ccc(Br)cc1[C@H](CO)N1CCNCC1. The third-order valence-corrected chi connectivity index (χ3v) is 3.89. The number of aliphatic hydroxyl groups is 1. The van der Waals surface area contributed by atoms with Gasteiger partial charge in [0.1, 0.15) is 5.75 Å². The first-order valence-corrected chi connectivity index (χ1v) is 7.53. The average molecular weight is 329 g/mol. The van der Waals surface area contributed by atoms with Crippen molar-refractivity contribution in [2.45, 2.75) is 13.0 Å². The Morgan fingerprint density at radius 3 is 2.79 bits per heavy atom. The monoisotopic (exact) mass is 328 g/mol. The van der Waals surface area contributed by atoms with Crippen molar-refractivity contribution >= 4 is 15.9 Å². The van der Waals surface area contributed by atoms with Gasteiger partial charge >= 0.3 is 0 Å². The highest BCUT2D eigenvalue weighted by Gasteiger charge is 2.24. The molecule has 0 spiro atoms. The van der Waals surface area contributed by atoms with Crippen LogP contribution in [0.25, 0.3) is 0 Å². The summed E-state index contributed by atoms with van der Waals surface area (Å²) in [4.78, 5) is 2.31. The second-order valence-electron chi connectivity index (χ2n) is 4.60. The predicted molar refractivity (Wildman–Crippen MR) is 79.6 cm³/mol. The number of halogens is 1. The number of rotatable bonds is 5. The van der Waals surface area contributed by atoms with Crippen LogP contribution in [-0.2, 0) is 0 Å². The Morgan fingerprint density at radius 2 is 2.16 bits per heavy atom. The van der Waals surface area contributed by atoms with Crippen LogP contribution < -0.4 is 10.1 Å². The summed E-state index contributed by atoms with van der Waals surface area (Å²) in [5.74, 6) is 0.864. The lowest BCUT2D eigenvalue weighted by Gasteiger charge is -2.34. The first-order chi connectivity index (χ1) is 9.26. The Bertz CT molecular complexity index is 408. The van der Waals surface area contributed by atoms with Crippen molar-refractivity contribution < 1.29 is 9.84 Å². The van der Waals surface area contributed by atoms with E-state index in [0.29, 0.717) is 6.61 Å². The minimum atomic E-state index is 0.00106. The minimum absolute atomic E-state index is 0.00106. The number of piperazine rings is 1. The molecule has 0 radical (unpaired) electrons. The van der Waals surface area contributed by atoms with Gasteiger partial charge in [0.05, 0.1) is 19.3 Å². The molecule has 0 amide bonds. The van der Waals surface area contributed by atoms with Gasteiger partial charge in [-0.3, -0.25) is 4.90 Å². The number of hydrogen-bond donors (Lipinski definition) is 2. The largest absolute Gasteiger partial charge is 0.494 e. The molecule has 1 aliphatic heterocycles. The predicted octanol–water partition coefficient (Wildman–Crippen LogP) is 1.79. The second kappa shape index (κ2) is 7.24. The fourth-order valence-electron chi connectivity index (χ4n) is 2.47. The lowest BCUT2D eigenvalue weighted by Crippen LogP contribution is -2.46. The Hall–Kier alpha value is -0.620. The van der Waals surface area contributed by atoms with Gasteiger partial charge in [-0.2, -0.15) is 0 Å². The topological polar surface area (TPSA) is 44.7 Å². The molecule has 1 aromatic carbocycles. The summed E-state index contributed by atoms with van der Waals surface area (Å²) >= 11 is 3.50. The fourth-order valence-corrected chi connectivity index (χ4v) is 2.85. The number of nitrogens with one attached hydrogen (secondary N) is 1. The lowest BCUT2D eigenvalue weighted by atomic mass is 10.0. The van der Waals surface area contributed by atoms with Crippen LogP contribution >= 0.6 is 15.9 Å². The Kier molecular flexibility index (Phi) is 5.63. The molecule has 0 aliphatic carbocycles. The summed E-state index contributed by atoms with van der Waals surface area (Å²) in [7, 11) is 0. The van der Waals surface area contributed by atoms with Gasteiger partial charge in [-0.25, -0.2) is 0 Å². The molecule has 1 aromatic rings. The zero-order chi connectivity index (χ0) is 13.7. The van der Waals surface area contributed by atoms with Crippen LogP contribution in [0.4, 0.5) is 0 Å². The van der Waals surface area contributed by atoms with Crippen LogP contribution in [0.15, 0.2) is 22.7 Å². The maximum Gasteiger partial charge on any atom is 0.124 e. The highest BCUT2D eigenvalue weighted by Crippen LogP contribution is 2.32. The minimum Gasteiger partial charge on any atom is -0.494 e. The van der Waals surface area contributed by atoms with E-state index < -0.39 is 0 Å². The molecule has 0 unspecified atom stereocenters. The highest BCUT2D eigenvalue weighted by molar-refractivity contribution is 9.10. The molecule has 0 aromatic heterocycles. The molecule has 1 fully saturated rings. The summed E-state index contributed by atoms with van der Waals surface area (Å²) < 4.78 is 6.70. The Morgan fingerprint density at radius 1 is 1.42 bits per heavy atom. The molecule has 2 rings (SSSR count). The van der Waals surface area contributed by atoms with Crippen molar-refractivity contribution in [3.63, 3.8) is 0 Å². The number of ether oxygens (including phenoxy) is 1. The van der Waals surface area contributed by atoms with Gasteiger partial charge in [0, 0.05) is 36.2 Å². The average Bonchev–Trinajstić information content (AvgIpc) is 2.44. The molecular weight excluding hydrogens is 308 g/mol. The normalized spacial score (nSPS) is 18.3. The molecule has 1 aliphatic rings. The van der Waals surface area contributed by atoms with Crippen molar-refractivity contribution in [2.75, 3.05) is 39.4 Å². The van der Waals surface area contributed by atoms with Gasteiger partial charge in [-0.05, 0) is 25.1 Å². The zero-order valence-corrected chi connectivity index (χ0v) is 12.8. The van der Waals surface area contributed by atoms with Crippen LogP contribution in [0.2, 0.25) is 0 Å². The smallest absolute Gasteiger partial charge is 0.124 e. The molecule has 1 saturated heterocycles. The van der Waals surface area contributed by atoms with E-state index in [9.17, 15) is 5.11 Å². The standard InChI is InChI=1S/C14H21BrN2O2/c1-2-19-14-4-3-11(15)9-12(14)13(10-18)17-7-5-16-6-8-17/h3-4,9,13,16,18H,2,5-8,10H2,1H3/t13-/m0/s1.